The molecular weight excluding hydrogens is 580 g/mol. The number of hydrogen-bond acceptors (Lipinski definition) is 11. The van der Waals surface area contributed by atoms with Gasteiger partial charge in [0.1, 0.15) is 25.1 Å². The van der Waals surface area contributed by atoms with Crippen LogP contribution in [0.4, 0.5) is 11.6 Å². The standard InChI is InChI=1S/C28H31BrN6O5/c29-24-15-31-28(33-27(24)37-13-1-8-30)32-21-3-5-23(6-4-21)38-18-22(36)17-35-11-9-34(10-12-35)16-20-2-7-25-26(14-20)40-19-39-25/h2-7,14-15,22,36H,1,9-13,16-19H2,(H,31,32,33). The van der Waals surface area contributed by atoms with Crippen LogP contribution in [0.3, 0.4) is 0 Å². The van der Waals surface area contributed by atoms with Crippen molar-refractivity contribution in [3.63, 3.8) is 0 Å². The van der Waals surface area contributed by atoms with E-state index >= 15 is 0 Å². The molecule has 2 aromatic carbocycles. The van der Waals surface area contributed by atoms with Crippen LogP contribution in [0.25, 0.3) is 0 Å². The van der Waals surface area contributed by atoms with Gasteiger partial charge < -0.3 is 29.4 Å². The number of β-amino-alcohol motifs (C(OH)–C–C–N with tert-alkyl or cyclic N) is 1. The maximum Gasteiger partial charge on any atom is 0.232 e. The Labute approximate surface area is 241 Å². The predicted molar refractivity (Wildman–Crippen MR) is 151 cm³/mol. The van der Waals surface area contributed by atoms with Gasteiger partial charge >= 0.3 is 0 Å². The van der Waals surface area contributed by atoms with Crippen LogP contribution in [0.1, 0.15) is 12.0 Å². The van der Waals surface area contributed by atoms with Crippen LogP contribution >= 0.6 is 15.9 Å². The second kappa shape index (κ2) is 13.6. The number of fused-ring (bicyclic) bond motifs is 1. The van der Waals surface area contributed by atoms with Gasteiger partial charge in [0.05, 0.1) is 23.2 Å². The quantitative estimate of drug-likeness (QED) is 0.292. The molecule has 210 valence electrons. The van der Waals surface area contributed by atoms with Crippen molar-refractivity contribution in [2.24, 2.45) is 0 Å². The molecule has 1 atom stereocenters. The van der Waals surface area contributed by atoms with E-state index in [1.165, 1.54) is 5.56 Å². The largest absolute Gasteiger partial charge is 0.491 e. The fourth-order valence-corrected chi connectivity index (χ4v) is 4.75. The maximum absolute atomic E-state index is 10.6. The molecule has 2 aliphatic heterocycles. The number of rotatable bonds is 12. The maximum atomic E-state index is 10.6. The van der Waals surface area contributed by atoms with E-state index in [9.17, 15) is 5.11 Å². The van der Waals surface area contributed by atoms with E-state index in [0.29, 0.717) is 28.6 Å². The zero-order valence-corrected chi connectivity index (χ0v) is 23.5. The number of hydrogen-bond donors (Lipinski definition) is 2. The predicted octanol–water partition coefficient (Wildman–Crippen LogP) is 3.56. The van der Waals surface area contributed by atoms with Crippen LogP contribution in [0.5, 0.6) is 23.1 Å². The van der Waals surface area contributed by atoms with Gasteiger partial charge in [-0.05, 0) is 57.9 Å². The summed E-state index contributed by atoms with van der Waals surface area (Å²) in [5.41, 5.74) is 1.99. The first-order valence-electron chi connectivity index (χ1n) is 13.1. The fraction of sp³-hybridized carbons (Fsp3) is 0.393. The van der Waals surface area contributed by atoms with E-state index in [0.717, 1.165) is 49.9 Å². The van der Waals surface area contributed by atoms with Crippen molar-refractivity contribution < 1.29 is 24.1 Å². The molecule has 0 radical (unpaired) electrons. The Bertz CT molecular complexity index is 1310. The first kappa shape index (κ1) is 27.9. The van der Waals surface area contributed by atoms with E-state index in [1.807, 2.05) is 36.4 Å². The summed E-state index contributed by atoms with van der Waals surface area (Å²) in [5, 5.41) is 22.4. The molecule has 0 amide bonds. The summed E-state index contributed by atoms with van der Waals surface area (Å²) in [4.78, 5) is 13.3. The van der Waals surface area contributed by atoms with Gasteiger partial charge in [0.2, 0.25) is 18.6 Å². The SMILES string of the molecule is N#CCCOc1nc(Nc2ccc(OCC(O)CN3CCN(Cc4ccc5c(c4)OCO5)CC3)cc2)ncc1Br. The highest BCUT2D eigenvalue weighted by atomic mass is 79.9. The number of ether oxygens (including phenoxy) is 4. The minimum atomic E-state index is -0.589. The third-order valence-corrected chi connectivity index (χ3v) is 7.04. The highest BCUT2D eigenvalue weighted by Crippen LogP contribution is 2.33. The van der Waals surface area contributed by atoms with E-state index < -0.39 is 6.10 Å². The van der Waals surface area contributed by atoms with Gasteiger partial charge in [-0.2, -0.15) is 10.2 Å². The molecular formula is C28H31BrN6O5. The Morgan fingerprint density at radius 1 is 1.05 bits per heavy atom. The molecule has 0 spiro atoms. The molecule has 3 aromatic rings. The third kappa shape index (κ3) is 7.73. The second-order valence-electron chi connectivity index (χ2n) is 9.48. The molecule has 0 bridgehead atoms. The van der Waals surface area contributed by atoms with Crippen molar-refractivity contribution >= 4 is 27.6 Å². The lowest BCUT2D eigenvalue weighted by atomic mass is 10.1. The monoisotopic (exact) mass is 610 g/mol. The smallest absolute Gasteiger partial charge is 0.232 e. The normalized spacial score (nSPS) is 15.8. The summed E-state index contributed by atoms with van der Waals surface area (Å²) in [5.74, 6) is 3.03. The molecule has 0 saturated carbocycles. The first-order valence-corrected chi connectivity index (χ1v) is 13.9. The van der Waals surface area contributed by atoms with Crippen LogP contribution < -0.4 is 24.3 Å². The van der Waals surface area contributed by atoms with Crippen LogP contribution in [-0.2, 0) is 6.54 Å². The molecule has 1 saturated heterocycles. The Morgan fingerprint density at radius 2 is 1.82 bits per heavy atom. The Hall–Kier alpha value is -3.63. The van der Waals surface area contributed by atoms with Gasteiger partial charge in [-0.3, -0.25) is 9.80 Å². The summed E-state index contributed by atoms with van der Waals surface area (Å²) in [6.07, 6.45) is 1.28. The summed E-state index contributed by atoms with van der Waals surface area (Å²) >= 11 is 3.35. The van der Waals surface area contributed by atoms with E-state index in [2.05, 4.69) is 53.1 Å². The summed E-state index contributed by atoms with van der Waals surface area (Å²) in [6.45, 7) is 5.85. The first-order chi connectivity index (χ1) is 19.6. The lowest BCUT2D eigenvalue weighted by Crippen LogP contribution is -2.48. The minimum absolute atomic E-state index is 0.212. The average Bonchev–Trinajstić information content (AvgIpc) is 3.44. The minimum Gasteiger partial charge on any atom is -0.491 e. The Kier molecular flexibility index (Phi) is 9.51. The van der Waals surface area contributed by atoms with Gasteiger partial charge in [-0.1, -0.05) is 6.07 Å². The van der Waals surface area contributed by atoms with E-state index in [-0.39, 0.29) is 26.4 Å². The number of benzene rings is 2. The molecule has 11 nitrogen and oxygen atoms in total. The number of aliphatic hydroxyl groups is 1. The zero-order chi connectivity index (χ0) is 27.7. The van der Waals surface area contributed by atoms with Gasteiger partial charge in [-0.25, -0.2) is 4.98 Å². The van der Waals surface area contributed by atoms with Crippen molar-refractivity contribution in [1.29, 1.82) is 5.26 Å². The topological polar surface area (TPSA) is 125 Å². The van der Waals surface area contributed by atoms with Crippen LogP contribution in [0.15, 0.2) is 53.1 Å². The molecule has 5 rings (SSSR count). The van der Waals surface area contributed by atoms with Crippen molar-refractivity contribution in [3.05, 3.63) is 58.7 Å². The van der Waals surface area contributed by atoms with Crippen LogP contribution in [0, 0.1) is 11.3 Å². The number of nitrogens with zero attached hydrogens (tertiary/aromatic N) is 5. The number of halogens is 1. The van der Waals surface area contributed by atoms with Gasteiger partial charge in [0.15, 0.2) is 11.5 Å². The second-order valence-corrected chi connectivity index (χ2v) is 10.3. The number of aromatic nitrogens is 2. The highest BCUT2D eigenvalue weighted by molar-refractivity contribution is 9.10. The number of anilines is 2. The highest BCUT2D eigenvalue weighted by Gasteiger charge is 2.21. The van der Waals surface area contributed by atoms with Crippen LogP contribution in [0.2, 0.25) is 0 Å². The molecule has 2 aliphatic rings. The Balaban J connectivity index is 1.02. The van der Waals surface area contributed by atoms with Crippen molar-refractivity contribution in [3.8, 4) is 29.2 Å². The average molecular weight is 611 g/mol. The van der Waals surface area contributed by atoms with Crippen molar-refractivity contribution in [2.75, 3.05) is 58.0 Å². The summed E-state index contributed by atoms with van der Waals surface area (Å²) in [6, 6.07) is 15.5. The van der Waals surface area contributed by atoms with Gasteiger partial charge in [0.25, 0.3) is 0 Å². The molecule has 40 heavy (non-hydrogen) atoms. The van der Waals surface area contributed by atoms with Crippen molar-refractivity contribution in [1.82, 2.24) is 19.8 Å². The zero-order valence-electron chi connectivity index (χ0n) is 22.0. The summed E-state index contributed by atoms with van der Waals surface area (Å²) < 4.78 is 22.8. The molecule has 0 aliphatic carbocycles. The van der Waals surface area contributed by atoms with Gasteiger partial charge in [0, 0.05) is 45.0 Å². The molecule has 1 aromatic heterocycles. The number of piperazine rings is 1. The fourth-order valence-electron chi connectivity index (χ4n) is 4.44. The lowest BCUT2D eigenvalue weighted by Gasteiger charge is -2.35. The summed E-state index contributed by atoms with van der Waals surface area (Å²) in [7, 11) is 0. The lowest BCUT2D eigenvalue weighted by molar-refractivity contribution is 0.0446. The van der Waals surface area contributed by atoms with E-state index in [4.69, 9.17) is 24.2 Å². The molecule has 12 heteroatoms. The van der Waals surface area contributed by atoms with Crippen LogP contribution in [-0.4, -0.2) is 83.7 Å². The van der Waals surface area contributed by atoms with E-state index in [1.54, 1.807) is 6.20 Å². The third-order valence-electron chi connectivity index (χ3n) is 6.49. The number of nitrogens with one attached hydrogen (secondary N) is 1. The molecule has 3 heterocycles. The Morgan fingerprint density at radius 3 is 2.62 bits per heavy atom. The number of aliphatic hydroxyl groups excluding tert-OH is 1. The molecule has 2 N–H and O–H groups in total. The number of nitriles is 1. The van der Waals surface area contributed by atoms with Gasteiger partial charge in [-0.15, -0.1) is 0 Å². The van der Waals surface area contributed by atoms with Crippen molar-refractivity contribution in [2.45, 2.75) is 19.1 Å². The molecule has 1 fully saturated rings. The molecule has 1 unspecified atom stereocenters.